The number of amides is 2. The van der Waals surface area contributed by atoms with Gasteiger partial charge in [-0.1, -0.05) is 59.7 Å². The standard InChI is InChI=1S/C45H68N4O7/c1-25-34-18-30(45(34,8)9)19-35(25)47-42(53)38-37(26(2)51)36(24-50)56-49(38)22-27-14-13-15-32(39(27)54-12)28-16-29-20-44(6,7)55-40(29)33(17-28)41(52)46-31(23-48(10)11)21-43(3,4)5/h13-17,25-26,30-31,34-38,50-51H,18-24H2,1-12H3,(H,46,52)(H,47,53)/t25-,26-,30+,31?,34-,35-,36-,37+,38-/m0/s1. The number of nitrogens with one attached hydrogen (secondary N) is 2. The van der Waals surface area contributed by atoms with E-state index in [4.69, 9.17) is 14.3 Å². The van der Waals surface area contributed by atoms with Crippen molar-refractivity contribution in [3.8, 4) is 22.6 Å². The van der Waals surface area contributed by atoms with E-state index in [-0.39, 0.29) is 47.9 Å². The average molecular weight is 777 g/mol. The number of benzene rings is 2. The van der Waals surface area contributed by atoms with Crippen molar-refractivity contribution >= 4 is 11.8 Å². The number of hydrogen-bond acceptors (Lipinski definition) is 9. The Morgan fingerprint density at radius 1 is 1.12 bits per heavy atom. The Kier molecular flexibility index (Phi) is 12.0. The van der Waals surface area contributed by atoms with Crippen LogP contribution in [0.15, 0.2) is 30.3 Å². The Morgan fingerprint density at radius 3 is 2.43 bits per heavy atom. The fourth-order valence-corrected chi connectivity index (χ4v) is 10.5. The number of likely N-dealkylation sites (N-methyl/N-ethyl adjacent to an activating group) is 1. The molecule has 1 saturated heterocycles. The van der Waals surface area contributed by atoms with Gasteiger partial charge in [0.05, 0.1) is 31.9 Å². The first kappa shape index (κ1) is 42.4. The summed E-state index contributed by atoms with van der Waals surface area (Å²) in [7, 11) is 5.65. The van der Waals surface area contributed by atoms with E-state index >= 15 is 0 Å². The minimum absolute atomic E-state index is 0.0149. The largest absolute Gasteiger partial charge is 0.496 e. The Hall–Kier alpha value is -3.22. The van der Waals surface area contributed by atoms with Crippen molar-refractivity contribution in [3.63, 3.8) is 0 Å². The molecule has 11 heteroatoms. The predicted octanol–water partition coefficient (Wildman–Crippen LogP) is 5.83. The van der Waals surface area contributed by atoms with Gasteiger partial charge in [0.15, 0.2) is 0 Å². The van der Waals surface area contributed by atoms with Crippen LogP contribution in [0.2, 0.25) is 0 Å². The van der Waals surface area contributed by atoms with Crippen LogP contribution in [-0.2, 0) is 22.6 Å². The molecular weight excluding hydrogens is 709 g/mol. The van der Waals surface area contributed by atoms with E-state index in [1.807, 2.05) is 52.2 Å². The van der Waals surface area contributed by atoms with Gasteiger partial charge in [0, 0.05) is 42.1 Å². The molecule has 0 radical (unpaired) electrons. The topological polar surface area (TPSA) is 133 Å². The monoisotopic (exact) mass is 777 g/mol. The lowest BCUT2D eigenvalue weighted by Gasteiger charge is -2.62. The molecule has 9 atom stereocenters. The lowest BCUT2D eigenvalue weighted by molar-refractivity contribution is -0.183. The van der Waals surface area contributed by atoms with Crippen LogP contribution in [0.4, 0.5) is 0 Å². The molecule has 3 saturated carbocycles. The summed E-state index contributed by atoms with van der Waals surface area (Å²) in [5.41, 5.74) is 3.62. The molecule has 1 unspecified atom stereocenters. The van der Waals surface area contributed by atoms with Crippen LogP contribution in [0.25, 0.3) is 11.1 Å². The number of aliphatic hydroxyl groups is 2. The van der Waals surface area contributed by atoms with Gasteiger partial charge in [0.1, 0.15) is 29.2 Å². The van der Waals surface area contributed by atoms with Gasteiger partial charge in [-0.15, -0.1) is 0 Å². The maximum atomic E-state index is 14.3. The van der Waals surface area contributed by atoms with Crippen molar-refractivity contribution < 1.29 is 34.1 Å². The van der Waals surface area contributed by atoms with Crippen molar-refractivity contribution in [2.75, 3.05) is 34.4 Å². The predicted molar refractivity (Wildman–Crippen MR) is 218 cm³/mol. The average Bonchev–Trinajstić information content (AvgIpc) is 3.62. The molecule has 2 amide bonds. The highest BCUT2D eigenvalue weighted by Gasteiger charge is 2.57. The summed E-state index contributed by atoms with van der Waals surface area (Å²) < 4.78 is 12.6. The van der Waals surface area contributed by atoms with Crippen LogP contribution in [0.1, 0.15) is 103 Å². The zero-order chi connectivity index (χ0) is 41.1. The van der Waals surface area contributed by atoms with Gasteiger partial charge in [-0.2, -0.15) is 5.06 Å². The molecule has 7 rings (SSSR count). The van der Waals surface area contributed by atoms with Gasteiger partial charge in [-0.25, -0.2) is 0 Å². The first-order valence-corrected chi connectivity index (χ1v) is 20.6. The fourth-order valence-electron chi connectivity index (χ4n) is 10.5. The van der Waals surface area contributed by atoms with Crippen molar-refractivity contribution in [1.82, 2.24) is 20.6 Å². The molecule has 0 spiro atoms. The molecule has 4 N–H and O–H groups in total. The van der Waals surface area contributed by atoms with E-state index < -0.39 is 29.8 Å². The van der Waals surface area contributed by atoms with Crippen LogP contribution in [0.5, 0.6) is 11.5 Å². The molecule has 11 nitrogen and oxygen atoms in total. The van der Waals surface area contributed by atoms with Gasteiger partial charge >= 0.3 is 0 Å². The highest BCUT2D eigenvalue weighted by Crippen LogP contribution is 2.61. The molecular formula is C45H68N4O7. The number of aliphatic hydroxyl groups excluding tert-OH is 2. The Labute approximate surface area is 334 Å². The van der Waals surface area contributed by atoms with Gasteiger partial charge in [-0.05, 0) is 106 Å². The summed E-state index contributed by atoms with van der Waals surface area (Å²) in [6.45, 7) is 19.7. The van der Waals surface area contributed by atoms with E-state index in [1.54, 1.807) is 19.1 Å². The van der Waals surface area contributed by atoms with Gasteiger partial charge in [-0.3, -0.25) is 14.4 Å². The quantitative estimate of drug-likeness (QED) is 0.198. The molecule has 2 aromatic rings. The number of nitrogens with zero attached hydrogens (tertiary/aromatic N) is 2. The maximum Gasteiger partial charge on any atom is 0.255 e. The maximum absolute atomic E-state index is 14.3. The van der Waals surface area contributed by atoms with E-state index in [2.05, 4.69) is 63.1 Å². The van der Waals surface area contributed by atoms with Crippen LogP contribution < -0.4 is 20.1 Å². The van der Waals surface area contributed by atoms with Crippen LogP contribution >= 0.6 is 0 Å². The van der Waals surface area contributed by atoms with Crippen molar-refractivity contribution in [1.29, 1.82) is 0 Å². The summed E-state index contributed by atoms with van der Waals surface area (Å²) in [4.78, 5) is 37.0. The number of hydroxylamine groups is 2. The smallest absolute Gasteiger partial charge is 0.255 e. The van der Waals surface area contributed by atoms with Crippen LogP contribution in [0.3, 0.4) is 0 Å². The van der Waals surface area contributed by atoms with Crippen LogP contribution in [-0.4, -0.2) is 102 Å². The first-order chi connectivity index (χ1) is 26.1. The Morgan fingerprint density at radius 2 is 1.84 bits per heavy atom. The number of ether oxygens (including phenoxy) is 2. The Balaban J connectivity index is 1.32. The third kappa shape index (κ3) is 8.48. The van der Waals surface area contributed by atoms with Gasteiger partial charge in [0.2, 0.25) is 5.91 Å². The highest BCUT2D eigenvalue weighted by atomic mass is 16.7. The van der Waals surface area contributed by atoms with E-state index in [0.717, 1.165) is 35.1 Å². The van der Waals surface area contributed by atoms with Gasteiger partial charge in [0.25, 0.3) is 5.91 Å². The Bertz CT molecular complexity index is 1770. The lowest BCUT2D eigenvalue weighted by Crippen LogP contribution is -2.62. The summed E-state index contributed by atoms with van der Waals surface area (Å²) in [6, 6.07) is 8.96. The molecule has 56 heavy (non-hydrogen) atoms. The van der Waals surface area contributed by atoms with Gasteiger partial charge < -0.3 is 35.2 Å². The number of fused-ring (bicyclic) bond motifs is 3. The normalized spacial score (nSPS) is 28.9. The van der Waals surface area contributed by atoms with E-state index in [0.29, 0.717) is 47.8 Å². The molecule has 2 aromatic carbocycles. The van der Waals surface area contributed by atoms with E-state index in [1.165, 1.54) is 6.42 Å². The summed E-state index contributed by atoms with van der Waals surface area (Å²) in [5, 5.41) is 29.7. The third-order valence-electron chi connectivity index (χ3n) is 13.2. The molecule has 3 aliphatic carbocycles. The minimum Gasteiger partial charge on any atom is -0.496 e. The molecule has 0 aromatic heterocycles. The summed E-state index contributed by atoms with van der Waals surface area (Å²) >= 11 is 0. The van der Waals surface area contributed by atoms with Crippen molar-refractivity contribution in [2.45, 2.75) is 130 Å². The molecule has 2 heterocycles. The zero-order valence-corrected chi connectivity index (χ0v) is 35.9. The number of carbonyl (C=O) groups excluding carboxylic acids is 2. The number of carbonyl (C=O) groups is 2. The molecule has 310 valence electrons. The summed E-state index contributed by atoms with van der Waals surface area (Å²) in [6.07, 6.45) is 1.92. The minimum atomic E-state index is -0.902. The van der Waals surface area contributed by atoms with E-state index in [9.17, 15) is 19.8 Å². The zero-order valence-electron chi connectivity index (χ0n) is 35.9. The number of para-hydroxylation sites is 1. The number of methoxy groups -OCH3 is 1. The second-order valence-corrected chi connectivity index (χ2v) is 20.0. The SMILES string of the molecule is COc1c(CN2O[C@@H](CO)[C@@H]([C@H](C)O)[C@H]2C(=O)N[C@H]2C[C@H]3C[C@@H]([C@@H]2C)C3(C)C)cccc1-c1cc2c(c(C(=O)NC(CN(C)C)CC(C)(C)C)c1)OC(C)(C)C2. The highest BCUT2D eigenvalue weighted by molar-refractivity contribution is 5.99. The van der Waals surface area contributed by atoms with Crippen molar-refractivity contribution in [2.24, 2.45) is 34.5 Å². The second kappa shape index (κ2) is 15.9. The van der Waals surface area contributed by atoms with Crippen LogP contribution in [0, 0.1) is 34.5 Å². The number of rotatable bonds is 13. The van der Waals surface area contributed by atoms with Crippen molar-refractivity contribution in [3.05, 3.63) is 47.0 Å². The molecule has 5 aliphatic rings. The molecule has 2 bridgehead atoms. The molecule has 2 aliphatic heterocycles. The third-order valence-corrected chi connectivity index (χ3v) is 13.2. The molecule has 4 fully saturated rings. The lowest BCUT2D eigenvalue weighted by atomic mass is 9.45. The summed E-state index contributed by atoms with van der Waals surface area (Å²) in [5.74, 6) is 1.62. The number of hydrogen-bond donors (Lipinski definition) is 4. The fraction of sp³-hybridized carbons (Fsp3) is 0.689. The second-order valence-electron chi connectivity index (χ2n) is 20.0. The first-order valence-electron chi connectivity index (χ1n) is 20.6.